The van der Waals surface area contributed by atoms with Gasteiger partial charge in [0.15, 0.2) is 0 Å². The van der Waals surface area contributed by atoms with Crippen molar-refractivity contribution in [3.8, 4) is 0 Å². The van der Waals surface area contributed by atoms with Crippen LogP contribution in [0.2, 0.25) is 0 Å². The number of nitrogens with one attached hydrogen (secondary N) is 1. The molecule has 1 heterocycles. The van der Waals surface area contributed by atoms with Crippen molar-refractivity contribution in [2.45, 2.75) is 78.2 Å². The Bertz CT molecular complexity index is 336. The summed E-state index contributed by atoms with van der Waals surface area (Å²) in [4.78, 5) is 14.6. The molecule has 2 fully saturated rings. The topological polar surface area (TPSA) is 32.3 Å². The average molecular weight is 331 g/mol. The number of carbonyl (C=O) groups is 1. The van der Waals surface area contributed by atoms with E-state index in [1.807, 2.05) is 0 Å². The molecule has 1 saturated carbocycles. The summed E-state index contributed by atoms with van der Waals surface area (Å²) < 4.78 is 0. The fourth-order valence-electron chi connectivity index (χ4n) is 4.08. The molecule has 0 aromatic rings. The largest absolute Gasteiger partial charge is 0.356 e. The lowest BCUT2D eigenvalue weighted by atomic mass is 9.64. The number of likely N-dealkylation sites (tertiary alicyclic amines) is 1. The monoisotopic (exact) mass is 330 g/mol. The first kappa shape index (κ1) is 19.8. The van der Waals surface area contributed by atoms with Gasteiger partial charge in [0.2, 0.25) is 5.91 Å². The summed E-state index contributed by atoms with van der Waals surface area (Å²) in [6, 6.07) is 0.562. The molecule has 0 radical (unpaired) electrons. The standard InChI is InChI=1S/C18H34N2O.ClH/c1-15(2)13-18(9-6-10-18)14-19-17(21)8-7-16(3)20-11-4-5-12-20;/h15-16H,4-14H2,1-3H3,(H,19,21);1H. The third-order valence-corrected chi connectivity index (χ3v) is 5.47. The molecule has 1 atom stereocenters. The van der Waals surface area contributed by atoms with Crippen molar-refractivity contribution in [2.75, 3.05) is 19.6 Å². The fourth-order valence-corrected chi connectivity index (χ4v) is 4.08. The highest BCUT2D eigenvalue weighted by atomic mass is 35.5. The van der Waals surface area contributed by atoms with Crippen LogP contribution in [-0.4, -0.2) is 36.5 Å². The van der Waals surface area contributed by atoms with Crippen LogP contribution >= 0.6 is 12.4 Å². The molecule has 130 valence electrons. The van der Waals surface area contributed by atoms with Gasteiger partial charge in [-0.3, -0.25) is 4.79 Å². The molecule has 0 bridgehead atoms. The van der Waals surface area contributed by atoms with Gasteiger partial charge < -0.3 is 10.2 Å². The Labute approximate surface area is 143 Å². The van der Waals surface area contributed by atoms with Crippen LogP contribution in [0.5, 0.6) is 0 Å². The maximum atomic E-state index is 12.1. The summed E-state index contributed by atoms with van der Waals surface area (Å²) in [5.41, 5.74) is 0.421. The van der Waals surface area contributed by atoms with Crippen LogP contribution < -0.4 is 5.32 Å². The van der Waals surface area contributed by atoms with Gasteiger partial charge in [-0.1, -0.05) is 20.3 Å². The molecule has 4 heteroatoms. The third kappa shape index (κ3) is 5.73. The minimum atomic E-state index is 0. The van der Waals surface area contributed by atoms with Gasteiger partial charge in [0, 0.05) is 19.0 Å². The number of rotatable bonds is 8. The molecule has 22 heavy (non-hydrogen) atoms. The highest BCUT2D eigenvalue weighted by molar-refractivity contribution is 5.85. The van der Waals surface area contributed by atoms with E-state index in [2.05, 4.69) is 31.0 Å². The van der Waals surface area contributed by atoms with Gasteiger partial charge in [0.25, 0.3) is 0 Å². The molecule has 1 amide bonds. The number of hydrogen-bond donors (Lipinski definition) is 1. The fraction of sp³-hybridized carbons (Fsp3) is 0.944. The summed E-state index contributed by atoms with van der Waals surface area (Å²) in [6.07, 6.45) is 9.55. The molecule has 0 aromatic carbocycles. The van der Waals surface area contributed by atoms with Crippen LogP contribution in [0.25, 0.3) is 0 Å². The second-order valence-electron chi connectivity index (χ2n) is 7.86. The van der Waals surface area contributed by atoms with Crippen LogP contribution in [0.4, 0.5) is 0 Å². The molecule has 2 aliphatic rings. The second-order valence-corrected chi connectivity index (χ2v) is 7.86. The van der Waals surface area contributed by atoms with Crippen LogP contribution in [0.3, 0.4) is 0 Å². The van der Waals surface area contributed by atoms with Crippen molar-refractivity contribution in [3.05, 3.63) is 0 Å². The van der Waals surface area contributed by atoms with Gasteiger partial charge >= 0.3 is 0 Å². The lowest BCUT2D eigenvalue weighted by Gasteiger charge is -2.43. The predicted octanol–water partition coefficient (Wildman–Crippen LogP) is 4.01. The van der Waals surface area contributed by atoms with Crippen molar-refractivity contribution in [1.29, 1.82) is 0 Å². The lowest BCUT2D eigenvalue weighted by Crippen LogP contribution is -2.43. The quantitative estimate of drug-likeness (QED) is 0.729. The van der Waals surface area contributed by atoms with Gasteiger partial charge in [-0.2, -0.15) is 0 Å². The maximum Gasteiger partial charge on any atom is 0.220 e. The van der Waals surface area contributed by atoms with Gasteiger partial charge in [0.1, 0.15) is 0 Å². The molecule has 1 saturated heterocycles. The molecule has 3 nitrogen and oxygen atoms in total. The predicted molar refractivity (Wildman–Crippen MR) is 95.5 cm³/mol. The van der Waals surface area contributed by atoms with Gasteiger partial charge in [0.05, 0.1) is 0 Å². The first-order valence-electron chi connectivity index (χ1n) is 9.01. The average Bonchev–Trinajstić information content (AvgIpc) is 2.92. The Balaban J connectivity index is 0.00000242. The highest BCUT2D eigenvalue weighted by Gasteiger charge is 2.37. The number of nitrogens with zero attached hydrogens (tertiary/aromatic N) is 1. The van der Waals surface area contributed by atoms with Crippen molar-refractivity contribution in [3.63, 3.8) is 0 Å². The van der Waals surface area contributed by atoms with E-state index >= 15 is 0 Å². The number of halogens is 1. The molecule has 1 aliphatic carbocycles. The van der Waals surface area contributed by atoms with Crippen molar-refractivity contribution in [1.82, 2.24) is 10.2 Å². The summed E-state index contributed by atoms with van der Waals surface area (Å²) in [5.74, 6) is 0.994. The zero-order valence-corrected chi connectivity index (χ0v) is 15.5. The molecule has 1 unspecified atom stereocenters. The SMILES string of the molecule is CC(C)CC1(CNC(=O)CCC(C)N2CCCC2)CCC1.Cl. The molecule has 1 N–H and O–H groups in total. The summed E-state index contributed by atoms with van der Waals surface area (Å²) in [5, 5.41) is 3.22. The molecule has 0 aromatic heterocycles. The van der Waals surface area contributed by atoms with E-state index in [9.17, 15) is 4.79 Å². The van der Waals surface area contributed by atoms with Crippen LogP contribution in [0, 0.1) is 11.3 Å². The maximum absolute atomic E-state index is 12.1. The zero-order valence-electron chi connectivity index (χ0n) is 14.7. The van der Waals surface area contributed by atoms with E-state index in [0.29, 0.717) is 17.9 Å². The smallest absolute Gasteiger partial charge is 0.220 e. The van der Waals surface area contributed by atoms with Crippen molar-refractivity contribution in [2.24, 2.45) is 11.3 Å². The Morgan fingerprint density at radius 2 is 1.77 bits per heavy atom. The van der Waals surface area contributed by atoms with E-state index in [0.717, 1.165) is 18.9 Å². The van der Waals surface area contributed by atoms with Crippen LogP contribution in [0.1, 0.15) is 72.1 Å². The Hall–Kier alpha value is -0.280. The normalized spacial score (nSPS) is 22.0. The van der Waals surface area contributed by atoms with Gasteiger partial charge in [-0.05, 0) is 69.9 Å². The lowest BCUT2D eigenvalue weighted by molar-refractivity contribution is -0.122. The van der Waals surface area contributed by atoms with Gasteiger partial charge in [-0.15, -0.1) is 12.4 Å². The minimum absolute atomic E-state index is 0. The number of amides is 1. The minimum Gasteiger partial charge on any atom is -0.356 e. The zero-order chi connectivity index (χ0) is 15.3. The summed E-state index contributed by atoms with van der Waals surface area (Å²) in [6.45, 7) is 10.2. The highest BCUT2D eigenvalue weighted by Crippen LogP contribution is 2.45. The molecule has 2 rings (SSSR count). The summed E-state index contributed by atoms with van der Waals surface area (Å²) in [7, 11) is 0. The van der Waals surface area contributed by atoms with E-state index in [-0.39, 0.29) is 18.3 Å². The van der Waals surface area contributed by atoms with Crippen LogP contribution in [0.15, 0.2) is 0 Å². The third-order valence-electron chi connectivity index (χ3n) is 5.47. The first-order valence-corrected chi connectivity index (χ1v) is 9.01. The number of carbonyl (C=O) groups excluding carboxylic acids is 1. The molecule has 0 spiro atoms. The van der Waals surface area contributed by atoms with E-state index < -0.39 is 0 Å². The molecular weight excluding hydrogens is 296 g/mol. The molecule has 1 aliphatic heterocycles. The Kier molecular flexibility index (Phi) is 8.20. The van der Waals surface area contributed by atoms with Crippen LogP contribution in [-0.2, 0) is 4.79 Å². The van der Waals surface area contributed by atoms with E-state index in [4.69, 9.17) is 0 Å². The number of hydrogen-bond acceptors (Lipinski definition) is 2. The van der Waals surface area contributed by atoms with Crippen molar-refractivity contribution < 1.29 is 4.79 Å². The molecular formula is C18H35ClN2O. The van der Waals surface area contributed by atoms with E-state index in [1.165, 1.54) is 51.6 Å². The first-order chi connectivity index (χ1) is 10.0. The van der Waals surface area contributed by atoms with Gasteiger partial charge in [-0.25, -0.2) is 0 Å². The second kappa shape index (κ2) is 9.12. The Morgan fingerprint density at radius 1 is 1.14 bits per heavy atom. The summed E-state index contributed by atoms with van der Waals surface area (Å²) >= 11 is 0. The van der Waals surface area contributed by atoms with E-state index in [1.54, 1.807) is 0 Å². The Morgan fingerprint density at radius 3 is 2.27 bits per heavy atom. The van der Waals surface area contributed by atoms with Crippen molar-refractivity contribution >= 4 is 18.3 Å².